The largest absolute Gasteiger partial charge is 0.481 e. The molecule has 0 aliphatic carbocycles. The Balaban J connectivity index is 1.69. The van der Waals surface area contributed by atoms with Crippen LogP contribution < -0.4 is 4.74 Å². The molecule has 0 saturated carbocycles. The van der Waals surface area contributed by atoms with Gasteiger partial charge in [-0.25, -0.2) is 4.98 Å². The van der Waals surface area contributed by atoms with Gasteiger partial charge >= 0.3 is 0 Å². The minimum absolute atomic E-state index is 0.249. The Morgan fingerprint density at radius 1 is 0.857 bits per heavy atom. The van der Waals surface area contributed by atoms with Gasteiger partial charge in [0.05, 0.1) is 0 Å². The molecule has 4 aromatic rings. The molecule has 3 heteroatoms. The molecule has 0 aliphatic rings. The summed E-state index contributed by atoms with van der Waals surface area (Å²) < 4.78 is 11.7. The van der Waals surface area contributed by atoms with E-state index in [1.807, 2.05) is 84.9 Å². The van der Waals surface area contributed by atoms with E-state index in [4.69, 9.17) is 20.6 Å². The summed E-state index contributed by atoms with van der Waals surface area (Å²) in [5.74, 6) is 4.66. The molecule has 0 atom stereocenters. The summed E-state index contributed by atoms with van der Waals surface area (Å²) in [6.07, 6.45) is 5.84. The quantitative estimate of drug-likeness (QED) is 0.417. The lowest BCUT2D eigenvalue weighted by atomic mass is 10.1. The summed E-state index contributed by atoms with van der Waals surface area (Å²) in [6.45, 7) is 0.249. The van der Waals surface area contributed by atoms with Crippen LogP contribution >= 0.6 is 0 Å². The first-order valence-electron chi connectivity index (χ1n) is 9.09. The zero-order valence-corrected chi connectivity index (χ0v) is 15.3. The van der Waals surface area contributed by atoms with E-state index in [9.17, 15) is 0 Å². The maximum Gasteiger partial charge on any atom is 0.199 e. The van der Waals surface area contributed by atoms with Crippen LogP contribution in [-0.4, -0.2) is 11.6 Å². The average Bonchev–Trinajstić information content (AvgIpc) is 3.17. The molecule has 1 heterocycles. The Morgan fingerprint density at radius 3 is 2.29 bits per heavy atom. The number of ether oxygens (including phenoxy) is 1. The molecule has 3 nitrogen and oxygen atoms in total. The summed E-state index contributed by atoms with van der Waals surface area (Å²) in [5.41, 5.74) is 3.94. The van der Waals surface area contributed by atoms with Crippen molar-refractivity contribution in [2.24, 2.45) is 0 Å². The van der Waals surface area contributed by atoms with Crippen LogP contribution in [0.15, 0.2) is 89.3 Å². The van der Waals surface area contributed by atoms with Crippen LogP contribution in [0.2, 0.25) is 0 Å². The van der Waals surface area contributed by atoms with Crippen LogP contribution in [0.25, 0.3) is 22.6 Å². The van der Waals surface area contributed by atoms with Gasteiger partial charge in [0.2, 0.25) is 0 Å². The van der Waals surface area contributed by atoms with Crippen LogP contribution in [0.4, 0.5) is 0 Å². The predicted molar refractivity (Wildman–Crippen MR) is 111 cm³/mol. The van der Waals surface area contributed by atoms with Gasteiger partial charge < -0.3 is 9.15 Å². The molecule has 0 spiro atoms. The third-order valence-corrected chi connectivity index (χ3v) is 4.33. The lowest BCUT2D eigenvalue weighted by Crippen LogP contribution is -1.95. The highest BCUT2D eigenvalue weighted by molar-refractivity contribution is 5.76. The molecule has 0 aliphatic heterocycles. The first kappa shape index (κ1) is 17.6. The number of benzene rings is 3. The van der Waals surface area contributed by atoms with E-state index >= 15 is 0 Å². The lowest BCUT2D eigenvalue weighted by molar-refractivity contribution is 0.370. The standard InChI is InChI=1S/C25H19NO2/c1-2-16-27-22-15-9-10-19(17-22)18-23-26-24(20-11-5-3-6-12-20)25(28-23)21-13-7-4-8-14-21/h1,3-15,17H,16,18H2. The zero-order chi connectivity index (χ0) is 19.2. The highest BCUT2D eigenvalue weighted by Gasteiger charge is 2.17. The topological polar surface area (TPSA) is 35.3 Å². The molecule has 4 rings (SSSR count). The second-order valence-electron chi connectivity index (χ2n) is 6.33. The van der Waals surface area contributed by atoms with Crippen molar-refractivity contribution >= 4 is 0 Å². The first-order chi connectivity index (χ1) is 13.8. The van der Waals surface area contributed by atoms with Crippen LogP contribution in [0.5, 0.6) is 5.75 Å². The molecule has 0 fully saturated rings. The Morgan fingerprint density at radius 2 is 1.57 bits per heavy atom. The molecule has 0 radical (unpaired) electrons. The third-order valence-electron chi connectivity index (χ3n) is 4.33. The zero-order valence-electron chi connectivity index (χ0n) is 15.3. The minimum Gasteiger partial charge on any atom is -0.481 e. The maximum atomic E-state index is 6.20. The minimum atomic E-state index is 0.249. The second-order valence-corrected chi connectivity index (χ2v) is 6.33. The number of aromatic nitrogens is 1. The fourth-order valence-corrected chi connectivity index (χ4v) is 3.06. The van der Waals surface area contributed by atoms with Crippen molar-refractivity contribution in [2.45, 2.75) is 6.42 Å². The Hall–Kier alpha value is -3.77. The van der Waals surface area contributed by atoms with Gasteiger partial charge in [-0.3, -0.25) is 0 Å². The molecule has 1 aromatic heterocycles. The van der Waals surface area contributed by atoms with E-state index in [2.05, 4.69) is 5.92 Å². The maximum absolute atomic E-state index is 6.20. The molecular formula is C25H19NO2. The van der Waals surface area contributed by atoms with Crippen molar-refractivity contribution in [1.29, 1.82) is 0 Å². The molecule has 136 valence electrons. The molecule has 3 aromatic carbocycles. The molecule has 0 amide bonds. The molecule has 0 bridgehead atoms. The number of hydrogen-bond donors (Lipinski definition) is 0. The van der Waals surface area contributed by atoms with Crippen molar-refractivity contribution in [3.8, 4) is 40.7 Å². The molecule has 0 N–H and O–H groups in total. The molecular weight excluding hydrogens is 346 g/mol. The number of terminal acetylenes is 1. The Bertz CT molecular complexity index is 1040. The molecule has 0 saturated heterocycles. The van der Waals surface area contributed by atoms with Crippen molar-refractivity contribution in [3.05, 3.63) is 96.4 Å². The molecule has 28 heavy (non-hydrogen) atoms. The predicted octanol–water partition coefficient (Wildman–Crippen LogP) is 5.61. The number of hydrogen-bond acceptors (Lipinski definition) is 3. The normalized spacial score (nSPS) is 10.4. The summed E-state index contributed by atoms with van der Waals surface area (Å²) in [5, 5.41) is 0. The van der Waals surface area contributed by atoms with Gasteiger partial charge in [0.25, 0.3) is 0 Å². The van der Waals surface area contributed by atoms with E-state index in [-0.39, 0.29) is 6.61 Å². The van der Waals surface area contributed by atoms with Gasteiger partial charge in [0.1, 0.15) is 18.1 Å². The highest BCUT2D eigenvalue weighted by atomic mass is 16.5. The van der Waals surface area contributed by atoms with Crippen molar-refractivity contribution in [1.82, 2.24) is 4.98 Å². The van der Waals surface area contributed by atoms with Gasteiger partial charge in [0.15, 0.2) is 11.7 Å². The third kappa shape index (κ3) is 3.97. The van der Waals surface area contributed by atoms with Gasteiger partial charge in [-0.15, -0.1) is 6.42 Å². The van der Waals surface area contributed by atoms with Crippen LogP contribution in [0.1, 0.15) is 11.5 Å². The van der Waals surface area contributed by atoms with Gasteiger partial charge in [0, 0.05) is 17.5 Å². The number of nitrogens with zero attached hydrogens (tertiary/aromatic N) is 1. The van der Waals surface area contributed by atoms with E-state index < -0.39 is 0 Å². The van der Waals surface area contributed by atoms with Crippen molar-refractivity contribution in [3.63, 3.8) is 0 Å². The SMILES string of the molecule is C#CCOc1cccc(Cc2nc(-c3ccccc3)c(-c3ccccc3)o2)c1. The number of oxazole rings is 1. The highest BCUT2D eigenvalue weighted by Crippen LogP contribution is 2.33. The monoisotopic (exact) mass is 365 g/mol. The summed E-state index contributed by atoms with van der Waals surface area (Å²) in [6, 6.07) is 28.0. The van der Waals surface area contributed by atoms with Gasteiger partial charge in [-0.1, -0.05) is 78.7 Å². The van der Waals surface area contributed by atoms with Gasteiger partial charge in [-0.2, -0.15) is 0 Å². The Labute approximate surface area is 164 Å². The fraction of sp³-hybridized carbons (Fsp3) is 0.0800. The van der Waals surface area contributed by atoms with Gasteiger partial charge in [-0.05, 0) is 17.7 Å². The van der Waals surface area contributed by atoms with Crippen LogP contribution in [0.3, 0.4) is 0 Å². The number of rotatable bonds is 6. The van der Waals surface area contributed by atoms with E-state index in [1.54, 1.807) is 0 Å². The van der Waals surface area contributed by atoms with E-state index in [0.717, 1.165) is 33.9 Å². The Kier molecular flexibility index (Phi) is 5.22. The fourth-order valence-electron chi connectivity index (χ4n) is 3.06. The lowest BCUT2D eigenvalue weighted by Gasteiger charge is -2.04. The summed E-state index contributed by atoms with van der Waals surface area (Å²) >= 11 is 0. The van der Waals surface area contributed by atoms with Crippen LogP contribution in [0, 0.1) is 12.3 Å². The first-order valence-corrected chi connectivity index (χ1v) is 9.09. The molecule has 0 unspecified atom stereocenters. The average molecular weight is 365 g/mol. The van der Waals surface area contributed by atoms with E-state index in [0.29, 0.717) is 12.3 Å². The van der Waals surface area contributed by atoms with Crippen molar-refractivity contribution in [2.75, 3.05) is 6.61 Å². The van der Waals surface area contributed by atoms with Crippen LogP contribution in [-0.2, 0) is 6.42 Å². The van der Waals surface area contributed by atoms with E-state index in [1.165, 1.54) is 0 Å². The summed E-state index contributed by atoms with van der Waals surface area (Å²) in [4.78, 5) is 4.80. The second kappa shape index (κ2) is 8.28. The smallest absolute Gasteiger partial charge is 0.199 e. The summed E-state index contributed by atoms with van der Waals surface area (Å²) in [7, 11) is 0. The van der Waals surface area contributed by atoms with Crippen molar-refractivity contribution < 1.29 is 9.15 Å².